The van der Waals surface area contributed by atoms with Crippen molar-refractivity contribution in [1.29, 1.82) is 0 Å². The molecule has 17 heavy (non-hydrogen) atoms. The number of benzene rings is 1. The van der Waals surface area contributed by atoms with Crippen molar-refractivity contribution in [3.05, 3.63) is 35.1 Å². The molecule has 0 radical (unpaired) electrons. The van der Waals surface area contributed by atoms with Crippen LogP contribution in [0.5, 0.6) is 0 Å². The van der Waals surface area contributed by atoms with E-state index in [4.69, 9.17) is 23.2 Å². The molecule has 0 spiro atoms. The summed E-state index contributed by atoms with van der Waals surface area (Å²) in [5, 5.41) is 8.98. The van der Waals surface area contributed by atoms with E-state index in [2.05, 4.69) is 17.1 Å². The average Bonchev–Trinajstić information content (AvgIpc) is 2.72. The van der Waals surface area contributed by atoms with E-state index in [1.807, 2.05) is 28.8 Å². The zero-order valence-corrected chi connectivity index (χ0v) is 11.0. The summed E-state index contributed by atoms with van der Waals surface area (Å²) in [7, 11) is 0. The molecule has 5 heteroatoms. The average molecular weight is 270 g/mol. The lowest BCUT2D eigenvalue weighted by atomic mass is 10.2. The van der Waals surface area contributed by atoms with Gasteiger partial charge >= 0.3 is 0 Å². The van der Waals surface area contributed by atoms with E-state index in [-0.39, 0.29) is 0 Å². The van der Waals surface area contributed by atoms with Gasteiger partial charge in [-0.05, 0) is 18.6 Å². The number of alkyl halides is 1. The van der Waals surface area contributed by atoms with Crippen LogP contribution in [0.2, 0.25) is 5.02 Å². The topological polar surface area (TPSA) is 30.7 Å². The number of nitrogens with zero attached hydrogens (tertiary/aromatic N) is 3. The van der Waals surface area contributed by atoms with Gasteiger partial charge in [-0.3, -0.25) is 0 Å². The molecule has 90 valence electrons. The molecule has 0 bridgehead atoms. The first-order chi connectivity index (χ1) is 8.26. The monoisotopic (exact) mass is 269 g/mol. The molecule has 0 aliphatic rings. The zero-order chi connectivity index (χ0) is 12.3. The number of hydrogen-bond acceptors (Lipinski definition) is 2. The Morgan fingerprint density at radius 2 is 2.12 bits per heavy atom. The second-order valence-electron chi connectivity index (χ2n) is 3.74. The van der Waals surface area contributed by atoms with E-state index >= 15 is 0 Å². The van der Waals surface area contributed by atoms with E-state index in [9.17, 15) is 0 Å². The molecule has 3 nitrogen and oxygen atoms in total. The molecule has 0 atom stereocenters. The minimum absolute atomic E-state index is 0.369. The van der Waals surface area contributed by atoms with Crippen LogP contribution in [0.4, 0.5) is 0 Å². The largest absolute Gasteiger partial charge is 0.310 e. The first kappa shape index (κ1) is 12.4. The van der Waals surface area contributed by atoms with Gasteiger partial charge in [0.2, 0.25) is 0 Å². The molecule has 0 aliphatic heterocycles. The van der Waals surface area contributed by atoms with Gasteiger partial charge in [0.05, 0.1) is 5.88 Å². The highest BCUT2D eigenvalue weighted by molar-refractivity contribution is 6.30. The molecule has 1 aromatic heterocycles. The summed E-state index contributed by atoms with van der Waals surface area (Å²) in [6, 6.07) is 7.60. The summed E-state index contributed by atoms with van der Waals surface area (Å²) < 4.78 is 2.04. The quantitative estimate of drug-likeness (QED) is 0.792. The molecule has 0 aliphatic carbocycles. The van der Waals surface area contributed by atoms with Gasteiger partial charge in [-0.2, -0.15) is 0 Å². The van der Waals surface area contributed by atoms with E-state index in [0.717, 1.165) is 30.2 Å². The smallest absolute Gasteiger partial charge is 0.164 e. The molecule has 0 amide bonds. The molecule has 0 saturated heterocycles. The first-order valence-corrected chi connectivity index (χ1v) is 6.41. The molecule has 1 aromatic carbocycles. The van der Waals surface area contributed by atoms with Gasteiger partial charge in [-0.1, -0.05) is 30.7 Å². The number of rotatable bonds is 4. The Balaban J connectivity index is 2.47. The standard InChI is InChI=1S/C12H13Cl2N3/c1-2-6-17-11(8-13)15-16-12(17)9-4-3-5-10(14)7-9/h3-5,7H,2,6,8H2,1H3. The third-order valence-electron chi connectivity index (χ3n) is 2.48. The van der Waals surface area contributed by atoms with Crippen molar-refractivity contribution in [2.45, 2.75) is 25.8 Å². The van der Waals surface area contributed by atoms with Gasteiger partial charge in [0.25, 0.3) is 0 Å². The van der Waals surface area contributed by atoms with Crippen molar-refractivity contribution in [2.75, 3.05) is 0 Å². The highest BCUT2D eigenvalue weighted by Crippen LogP contribution is 2.22. The van der Waals surface area contributed by atoms with Crippen LogP contribution in [0.25, 0.3) is 11.4 Å². The normalized spacial score (nSPS) is 10.8. The van der Waals surface area contributed by atoms with Crippen LogP contribution in [-0.2, 0) is 12.4 Å². The summed E-state index contributed by atoms with van der Waals surface area (Å²) in [5.74, 6) is 1.99. The van der Waals surface area contributed by atoms with Gasteiger partial charge in [0, 0.05) is 17.1 Å². The van der Waals surface area contributed by atoms with Crippen LogP contribution in [0.1, 0.15) is 19.2 Å². The van der Waals surface area contributed by atoms with Gasteiger partial charge < -0.3 is 4.57 Å². The fraction of sp³-hybridized carbons (Fsp3) is 0.333. The Kier molecular flexibility index (Phi) is 4.02. The van der Waals surface area contributed by atoms with Crippen molar-refractivity contribution >= 4 is 23.2 Å². The molecule has 0 unspecified atom stereocenters. The van der Waals surface area contributed by atoms with E-state index in [1.165, 1.54) is 0 Å². The Morgan fingerprint density at radius 1 is 1.29 bits per heavy atom. The van der Waals surface area contributed by atoms with Gasteiger partial charge in [0.15, 0.2) is 5.82 Å². The first-order valence-electron chi connectivity index (χ1n) is 5.50. The van der Waals surface area contributed by atoms with Gasteiger partial charge in [-0.15, -0.1) is 21.8 Å². The van der Waals surface area contributed by atoms with Crippen LogP contribution in [-0.4, -0.2) is 14.8 Å². The Bertz CT molecular complexity index is 508. The maximum absolute atomic E-state index is 5.98. The molecule has 0 fully saturated rings. The zero-order valence-electron chi connectivity index (χ0n) is 9.53. The Morgan fingerprint density at radius 3 is 2.76 bits per heavy atom. The van der Waals surface area contributed by atoms with Crippen molar-refractivity contribution in [2.24, 2.45) is 0 Å². The van der Waals surface area contributed by atoms with Crippen LogP contribution in [0.15, 0.2) is 24.3 Å². The Hall–Kier alpha value is -1.06. The van der Waals surface area contributed by atoms with Crippen LogP contribution in [0, 0.1) is 0 Å². The predicted molar refractivity (Wildman–Crippen MR) is 70.3 cm³/mol. The lowest BCUT2D eigenvalue weighted by molar-refractivity contribution is 0.659. The van der Waals surface area contributed by atoms with Crippen LogP contribution in [0.3, 0.4) is 0 Å². The molecule has 2 rings (SSSR count). The van der Waals surface area contributed by atoms with E-state index in [1.54, 1.807) is 0 Å². The fourth-order valence-corrected chi connectivity index (χ4v) is 2.12. The van der Waals surface area contributed by atoms with Gasteiger partial charge in [0.1, 0.15) is 5.82 Å². The van der Waals surface area contributed by atoms with Crippen LogP contribution < -0.4 is 0 Å². The molecule has 2 aromatic rings. The fourth-order valence-electron chi connectivity index (χ4n) is 1.73. The van der Waals surface area contributed by atoms with Gasteiger partial charge in [-0.25, -0.2) is 0 Å². The summed E-state index contributed by atoms with van der Waals surface area (Å²) in [5.41, 5.74) is 0.967. The maximum Gasteiger partial charge on any atom is 0.164 e. The maximum atomic E-state index is 5.98. The van der Waals surface area contributed by atoms with E-state index in [0.29, 0.717) is 10.9 Å². The third kappa shape index (κ3) is 2.61. The lowest BCUT2D eigenvalue weighted by Crippen LogP contribution is -2.03. The number of hydrogen-bond donors (Lipinski definition) is 0. The summed E-state index contributed by atoms with van der Waals surface area (Å²) in [6.45, 7) is 2.97. The SMILES string of the molecule is CCCn1c(CCl)nnc1-c1cccc(Cl)c1. The van der Waals surface area contributed by atoms with Crippen molar-refractivity contribution in [1.82, 2.24) is 14.8 Å². The van der Waals surface area contributed by atoms with E-state index < -0.39 is 0 Å². The van der Waals surface area contributed by atoms with Crippen molar-refractivity contribution in [3.63, 3.8) is 0 Å². The highest BCUT2D eigenvalue weighted by Gasteiger charge is 2.12. The summed E-state index contributed by atoms with van der Waals surface area (Å²) >= 11 is 11.8. The van der Waals surface area contributed by atoms with Crippen LogP contribution >= 0.6 is 23.2 Å². The molecule has 1 heterocycles. The second kappa shape index (κ2) is 5.52. The van der Waals surface area contributed by atoms with Crippen molar-refractivity contribution < 1.29 is 0 Å². The minimum atomic E-state index is 0.369. The highest BCUT2D eigenvalue weighted by atomic mass is 35.5. The number of aromatic nitrogens is 3. The summed E-state index contributed by atoms with van der Waals surface area (Å²) in [6.07, 6.45) is 1.01. The molecular weight excluding hydrogens is 257 g/mol. The van der Waals surface area contributed by atoms with Crippen molar-refractivity contribution in [3.8, 4) is 11.4 Å². The Labute approximate surface area is 110 Å². The predicted octanol–water partition coefficient (Wildman–Crippen LogP) is 3.75. The minimum Gasteiger partial charge on any atom is -0.310 e. The molecular formula is C12H13Cl2N3. The molecule has 0 N–H and O–H groups in total. The second-order valence-corrected chi connectivity index (χ2v) is 4.44. The third-order valence-corrected chi connectivity index (χ3v) is 2.95. The molecule has 0 saturated carbocycles. The number of halogens is 2. The summed E-state index contributed by atoms with van der Waals surface area (Å²) in [4.78, 5) is 0. The lowest BCUT2D eigenvalue weighted by Gasteiger charge is -2.07.